The zero-order valence-electron chi connectivity index (χ0n) is 26.7. The van der Waals surface area contributed by atoms with Crippen molar-refractivity contribution in [2.45, 2.75) is 62.7 Å². The lowest BCUT2D eigenvalue weighted by Gasteiger charge is -2.23. The number of pyridine rings is 2. The van der Waals surface area contributed by atoms with Crippen molar-refractivity contribution in [3.8, 4) is 11.5 Å². The van der Waals surface area contributed by atoms with Crippen molar-refractivity contribution >= 4 is 20.0 Å². The van der Waals surface area contributed by atoms with Gasteiger partial charge in [0.15, 0.2) is 0 Å². The predicted molar refractivity (Wildman–Crippen MR) is 176 cm³/mol. The molecule has 0 saturated carbocycles. The molecule has 0 fully saturated rings. The smallest absolute Gasteiger partial charge is 0.250 e. The third-order valence-corrected chi connectivity index (χ3v) is 9.61. The first-order valence-electron chi connectivity index (χ1n) is 14.3. The Bertz CT molecular complexity index is 1900. The largest absolute Gasteiger partial charge is 0.497 e. The van der Waals surface area contributed by atoms with E-state index in [1.165, 1.54) is 50.1 Å². The highest BCUT2D eigenvalue weighted by atomic mass is 32.2. The Balaban J connectivity index is 0.000000344. The molecule has 0 aliphatic heterocycles. The molecule has 4 rings (SSSR count). The molecule has 0 bridgehead atoms. The topological polar surface area (TPSA) is 160 Å². The normalized spacial score (nSPS) is 11.8. The van der Waals surface area contributed by atoms with Gasteiger partial charge in [-0.25, -0.2) is 22.0 Å². The second-order valence-electron chi connectivity index (χ2n) is 10.9. The van der Waals surface area contributed by atoms with Crippen LogP contribution in [0.4, 0.5) is 0 Å². The van der Waals surface area contributed by atoms with Crippen LogP contribution in [-0.4, -0.2) is 44.5 Å². The first-order chi connectivity index (χ1) is 21.6. The van der Waals surface area contributed by atoms with Crippen molar-refractivity contribution < 1.29 is 26.3 Å². The zero-order chi connectivity index (χ0) is 34.2. The summed E-state index contributed by atoms with van der Waals surface area (Å²) in [6, 6.07) is 19.4. The Morgan fingerprint density at radius 2 is 1.00 bits per heavy atom. The second-order valence-corrected chi connectivity index (χ2v) is 14.4. The number of hydrogen-bond donors (Lipinski definition) is 1. The summed E-state index contributed by atoms with van der Waals surface area (Å²) in [4.78, 5) is 23.4. The van der Waals surface area contributed by atoms with Gasteiger partial charge in [-0.15, -0.1) is 0 Å². The average Bonchev–Trinajstić information content (AvgIpc) is 3.01. The maximum atomic E-state index is 13.6. The van der Waals surface area contributed by atoms with Gasteiger partial charge in [-0.2, -0.15) is 4.31 Å². The van der Waals surface area contributed by atoms with E-state index in [4.69, 9.17) is 14.6 Å². The van der Waals surface area contributed by atoms with E-state index in [9.17, 15) is 26.4 Å². The molecule has 0 radical (unpaired) electrons. The van der Waals surface area contributed by atoms with Crippen molar-refractivity contribution in [2.24, 2.45) is 5.14 Å². The summed E-state index contributed by atoms with van der Waals surface area (Å²) >= 11 is 0. The van der Waals surface area contributed by atoms with Crippen molar-refractivity contribution in [3.63, 3.8) is 0 Å². The molecule has 4 aromatic rings. The first-order valence-corrected chi connectivity index (χ1v) is 17.3. The molecule has 46 heavy (non-hydrogen) atoms. The number of ether oxygens (including phenoxy) is 2. The monoisotopic (exact) mass is 672 g/mol. The lowest BCUT2D eigenvalue weighted by Crippen LogP contribution is -2.32. The number of hydrogen-bond acceptors (Lipinski definition) is 8. The Morgan fingerprint density at radius 1 is 0.630 bits per heavy atom. The van der Waals surface area contributed by atoms with Gasteiger partial charge in [0.2, 0.25) is 20.0 Å². The van der Waals surface area contributed by atoms with Gasteiger partial charge in [0.05, 0.1) is 24.0 Å². The fourth-order valence-electron chi connectivity index (χ4n) is 4.34. The molecule has 2 aromatic heterocycles. The van der Waals surface area contributed by atoms with E-state index in [1.807, 2.05) is 38.1 Å². The molecule has 2 heterocycles. The van der Waals surface area contributed by atoms with Crippen LogP contribution in [0.25, 0.3) is 0 Å². The van der Waals surface area contributed by atoms with Gasteiger partial charge < -0.3 is 18.6 Å². The lowest BCUT2D eigenvalue weighted by atomic mass is 10.2. The Morgan fingerprint density at radius 3 is 1.35 bits per heavy atom. The minimum Gasteiger partial charge on any atom is -0.497 e. The number of benzene rings is 2. The molecule has 14 heteroatoms. The van der Waals surface area contributed by atoms with Crippen molar-refractivity contribution in [1.29, 1.82) is 0 Å². The molecule has 0 aliphatic rings. The molecule has 0 saturated heterocycles. The predicted octanol–water partition coefficient (Wildman–Crippen LogP) is 3.91. The van der Waals surface area contributed by atoms with Crippen LogP contribution in [0, 0.1) is 0 Å². The minimum absolute atomic E-state index is 0.0502. The van der Waals surface area contributed by atoms with Gasteiger partial charge in [-0.1, -0.05) is 24.3 Å². The van der Waals surface area contributed by atoms with Gasteiger partial charge in [0, 0.05) is 49.7 Å². The van der Waals surface area contributed by atoms with Gasteiger partial charge in [-0.05, 0) is 75.2 Å². The van der Waals surface area contributed by atoms with E-state index in [0.29, 0.717) is 11.5 Å². The third-order valence-electron chi connectivity index (χ3n) is 6.94. The summed E-state index contributed by atoms with van der Waals surface area (Å²) in [6.07, 6.45) is 2.67. The fourth-order valence-corrected chi connectivity index (χ4v) is 6.28. The molecular formula is C32H40N4O8S2. The average molecular weight is 673 g/mol. The van der Waals surface area contributed by atoms with Crippen LogP contribution in [0.5, 0.6) is 11.5 Å². The molecule has 2 N–H and O–H groups in total. The van der Waals surface area contributed by atoms with Crippen LogP contribution in [-0.2, 0) is 33.1 Å². The first kappa shape index (κ1) is 36.2. The number of nitrogens with zero attached hydrogens (tertiary/aromatic N) is 3. The quantitative estimate of drug-likeness (QED) is 0.251. The number of rotatable bonds is 11. The number of nitrogens with two attached hydrogens (primary N) is 1. The van der Waals surface area contributed by atoms with Crippen LogP contribution in [0.1, 0.15) is 50.9 Å². The highest BCUT2D eigenvalue weighted by Crippen LogP contribution is 2.23. The van der Waals surface area contributed by atoms with E-state index in [0.717, 1.165) is 11.1 Å². The molecule has 0 amide bonds. The van der Waals surface area contributed by atoms with Crippen molar-refractivity contribution in [3.05, 3.63) is 117 Å². The summed E-state index contributed by atoms with van der Waals surface area (Å²) in [7, 11) is -4.46. The highest BCUT2D eigenvalue weighted by molar-refractivity contribution is 7.89. The molecule has 12 nitrogen and oxygen atoms in total. The summed E-state index contributed by atoms with van der Waals surface area (Å²) in [6.45, 7) is 7.58. The summed E-state index contributed by atoms with van der Waals surface area (Å²) in [5.74, 6) is 1.39. The molecular weight excluding hydrogens is 633 g/mol. The molecule has 248 valence electrons. The number of sulfonamides is 2. The summed E-state index contributed by atoms with van der Waals surface area (Å²) in [5.41, 5.74) is 1.16. The van der Waals surface area contributed by atoms with Crippen LogP contribution in [0.3, 0.4) is 0 Å². The van der Waals surface area contributed by atoms with Gasteiger partial charge in [-0.3, -0.25) is 9.59 Å². The second kappa shape index (κ2) is 15.4. The van der Waals surface area contributed by atoms with Crippen molar-refractivity contribution in [2.75, 3.05) is 14.2 Å². The number of methoxy groups -OCH3 is 2. The molecule has 0 aliphatic carbocycles. The maximum Gasteiger partial charge on any atom is 0.250 e. The highest BCUT2D eigenvalue weighted by Gasteiger charge is 2.26. The standard InChI is InChI=1S/C24H28N2O5S.C8H12N2O3S/c1-18(2)26-17-23(13-14-24(26)27)32(28,29)25(15-19-5-9-21(30-3)10-6-19)16-20-7-11-22(31-4)12-8-20;1-6(2)10-5-7(14(9,12)13)3-4-8(10)11/h5-14,17-18H,15-16H2,1-4H3;3-6H,1-2H3,(H2,9,12,13). The molecule has 2 aromatic carbocycles. The maximum absolute atomic E-state index is 13.6. The van der Waals surface area contributed by atoms with Gasteiger partial charge in [0.1, 0.15) is 11.5 Å². The van der Waals surface area contributed by atoms with Crippen LogP contribution >= 0.6 is 0 Å². The van der Waals surface area contributed by atoms with Crippen LogP contribution < -0.4 is 25.7 Å². The van der Waals surface area contributed by atoms with Crippen molar-refractivity contribution in [1.82, 2.24) is 13.4 Å². The van der Waals surface area contributed by atoms with E-state index >= 15 is 0 Å². The molecule has 0 atom stereocenters. The summed E-state index contributed by atoms with van der Waals surface area (Å²) in [5, 5.41) is 4.93. The van der Waals surface area contributed by atoms with E-state index in [-0.39, 0.29) is 46.1 Å². The summed E-state index contributed by atoms with van der Waals surface area (Å²) < 4.78 is 63.8. The number of aromatic nitrogens is 2. The van der Waals surface area contributed by atoms with Crippen LogP contribution in [0.15, 0.2) is 105 Å². The Kier molecular flexibility index (Phi) is 12.1. The third kappa shape index (κ3) is 9.39. The Labute approximate surface area is 269 Å². The fraction of sp³-hybridized carbons (Fsp3) is 0.312. The van der Waals surface area contributed by atoms with E-state index in [1.54, 1.807) is 52.3 Å². The van der Waals surface area contributed by atoms with Gasteiger partial charge in [0.25, 0.3) is 11.1 Å². The zero-order valence-corrected chi connectivity index (χ0v) is 28.3. The van der Waals surface area contributed by atoms with E-state index < -0.39 is 20.0 Å². The minimum atomic E-state index is -3.89. The lowest BCUT2D eigenvalue weighted by molar-refractivity contribution is 0.397. The SMILES string of the molecule is CC(C)n1cc(S(N)(=O)=O)ccc1=O.COc1ccc(CN(Cc2ccc(OC)cc2)S(=O)(=O)c2ccc(=O)n(C(C)C)c2)cc1. The Hall–Kier alpha value is -4.24. The van der Waals surface area contributed by atoms with Crippen LogP contribution in [0.2, 0.25) is 0 Å². The van der Waals surface area contributed by atoms with E-state index in [2.05, 4.69) is 0 Å². The van der Waals surface area contributed by atoms with Gasteiger partial charge >= 0.3 is 0 Å². The molecule has 0 unspecified atom stereocenters. The molecule has 0 spiro atoms. The number of primary sulfonamides is 1.